The van der Waals surface area contributed by atoms with Crippen LogP contribution in [0.1, 0.15) is 24.1 Å². The number of ether oxygens (including phenoxy) is 1. The van der Waals surface area contributed by atoms with Crippen molar-refractivity contribution in [1.82, 2.24) is 15.2 Å². The van der Waals surface area contributed by atoms with Crippen molar-refractivity contribution in [3.8, 4) is 0 Å². The SMILES string of the molecule is COC(=O)C1(c2ccccc2)CCN(CCNC(=O)Nc2cc(C)nc3ccccc23)CC1. The molecule has 1 aliphatic heterocycles. The fraction of sp³-hybridized carbons (Fsp3) is 0.346. The molecule has 3 aromatic rings. The average molecular weight is 447 g/mol. The number of carbonyl (C=O) groups is 2. The first-order chi connectivity index (χ1) is 16.0. The van der Waals surface area contributed by atoms with Gasteiger partial charge in [-0.25, -0.2) is 4.79 Å². The van der Waals surface area contributed by atoms with Crippen LogP contribution >= 0.6 is 0 Å². The molecule has 0 atom stereocenters. The van der Waals surface area contributed by atoms with E-state index in [4.69, 9.17) is 4.74 Å². The molecule has 33 heavy (non-hydrogen) atoms. The molecule has 2 N–H and O–H groups in total. The number of rotatable bonds is 6. The van der Waals surface area contributed by atoms with Crippen LogP contribution in [0.25, 0.3) is 10.9 Å². The standard InChI is InChI=1S/C26H30N4O3/c1-19-18-23(21-10-6-7-11-22(21)28-19)29-25(32)27-14-17-30-15-12-26(13-16-30,24(31)33-2)20-8-4-3-5-9-20/h3-11,18H,12-17H2,1-2H3,(H2,27,28,29,32). The number of hydrogen-bond acceptors (Lipinski definition) is 5. The van der Waals surface area contributed by atoms with Gasteiger partial charge in [0.1, 0.15) is 0 Å². The van der Waals surface area contributed by atoms with E-state index in [9.17, 15) is 9.59 Å². The van der Waals surface area contributed by atoms with Gasteiger partial charge in [-0.3, -0.25) is 9.78 Å². The van der Waals surface area contributed by atoms with Crippen molar-refractivity contribution in [2.45, 2.75) is 25.2 Å². The number of nitrogens with one attached hydrogen (secondary N) is 2. The number of aromatic nitrogens is 1. The molecule has 172 valence electrons. The first-order valence-corrected chi connectivity index (χ1v) is 11.3. The number of urea groups is 1. The molecule has 1 aliphatic rings. The number of para-hydroxylation sites is 1. The minimum absolute atomic E-state index is 0.175. The lowest BCUT2D eigenvalue weighted by Crippen LogP contribution is -2.49. The molecule has 0 unspecified atom stereocenters. The maximum Gasteiger partial charge on any atom is 0.319 e. The number of methoxy groups -OCH3 is 1. The zero-order chi connectivity index (χ0) is 23.3. The van der Waals surface area contributed by atoms with Crippen molar-refractivity contribution in [3.63, 3.8) is 0 Å². The van der Waals surface area contributed by atoms with Gasteiger partial charge in [0.25, 0.3) is 0 Å². The van der Waals surface area contributed by atoms with E-state index >= 15 is 0 Å². The maximum atomic E-state index is 12.7. The Morgan fingerprint density at radius 3 is 2.48 bits per heavy atom. The summed E-state index contributed by atoms with van der Waals surface area (Å²) in [5.41, 5.74) is 2.86. The average Bonchev–Trinajstić information content (AvgIpc) is 2.84. The van der Waals surface area contributed by atoms with Gasteiger partial charge >= 0.3 is 12.0 Å². The number of anilines is 1. The first kappa shape index (κ1) is 22.7. The molecular weight excluding hydrogens is 416 g/mol. The van der Waals surface area contributed by atoms with Gasteiger partial charge < -0.3 is 20.3 Å². The number of esters is 1. The van der Waals surface area contributed by atoms with Crippen LogP contribution < -0.4 is 10.6 Å². The Balaban J connectivity index is 1.31. The maximum absolute atomic E-state index is 12.7. The molecule has 7 heteroatoms. The highest BCUT2D eigenvalue weighted by Crippen LogP contribution is 2.36. The lowest BCUT2D eigenvalue weighted by Gasteiger charge is -2.40. The zero-order valence-corrected chi connectivity index (χ0v) is 19.1. The topological polar surface area (TPSA) is 83.6 Å². The second-order valence-electron chi connectivity index (χ2n) is 8.49. The predicted molar refractivity (Wildman–Crippen MR) is 129 cm³/mol. The molecule has 2 amide bonds. The Hall–Kier alpha value is -3.45. The van der Waals surface area contributed by atoms with Crippen molar-refractivity contribution in [3.05, 3.63) is 71.9 Å². The Morgan fingerprint density at radius 2 is 1.76 bits per heavy atom. The van der Waals surface area contributed by atoms with Crippen LogP contribution in [-0.4, -0.2) is 55.2 Å². The van der Waals surface area contributed by atoms with Gasteiger partial charge in [0.05, 0.1) is 23.7 Å². The second kappa shape index (κ2) is 10.0. The summed E-state index contributed by atoms with van der Waals surface area (Å²) in [7, 11) is 1.45. The summed E-state index contributed by atoms with van der Waals surface area (Å²) in [6, 6.07) is 19.3. The number of aryl methyl sites for hydroxylation is 1. The van der Waals surface area contributed by atoms with Gasteiger partial charge in [0.15, 0.2) is 0 Å². The highest BCUT2D eigenvalue weighted by Gasteiger charge is 2.43. The van der Waals surface area contributed by atoms with Crippen molar-refractivity contribution in [2.75, 3.05) is 38.6 Å². The molecule has 0 aliphatic carbocycles. The minimum Gasteiger partial charge on any atom is -0.468 e. The third-order valence-corrected chi connectivity index (χ3v) is 6.42. The van der Waals surface area contributed by atoms with Gasteiger partial charge in [-0.15, -0.1) is 0 Å². The Bertz CT molecular complexity index is 1120. The van der Waals surface area contributed by atoms with Crippen LogP contribution in [0, 0.1) is 6.92 Å². The molecule has 0 radical (unpaired) electrons. The van der Waals surface area contributed by atoms with Gasteiger partial charge in [-0.05, 0) is 50.6 Å². The van der Waals surface area contributed by atoms with Gasteiger partial charge in [-0.2, -0.15) is 0 Å². The molecule has 0 bridgehead atoms. The third-order valence-electron chi connectivity index (χ3n) is 6.42. The predicted octanol–water partition coefficient (Wildman–Crippen LogP) is 3.87. The van der Waals surface area contributed by atoms with E-state index in [-0.39, 0.29) is 12.0 Å². The Labute approximate surface area is 194 Å². The molecule has 1 saturated heterocycles. The number of likely N-dealkylation sites (tertiary alicyclic amines) is 1. The molecule has 2 heterocycles. The van der Waals surface area contributed by atoms with Crippen molar-refractivity contribution >= 4 is 28.6 Å². The van der Waals surface area contributed by atoms with E-state index in [1.807, 2.05) is 67.6 Å². The van der Waals surface area contributed by atoms with Crippen LogP contribution in [0.3, 0.4) is 0 Å². The summed E-state index contributed by atoms with van der Waals surface area (Å²) in [5.74, 6) is -0.175. The smallest absolute Gasteiger partial charge is 0.319 e. The summed E-state index contributed by atoms with van der Waals surface area (Å²) in [4.78, 5) is 32.0. The van der Waals surface area contributed by atoms with Gasteiger partial charge in [0.2, 0.25) is 0 Å². The number of nitrogens with zero attached hydrogens (tertiary/aromatic N) is 2. The fourth-order valence-corrected chi connectivity index (χ4v) is 4.63. The molecule has 1 fully saturated rings. The molecule has 2 aromatic carbocycles. The van der Waals surface area contributed by atoms with Crippen LogP contribution in [-0.2, 0) is 14.9 Å². The van der Waals surface area contributed by atoms with E-state index in [1.54, 1.807) is 0 Å². The van der Waals surface area contributed by atoms with Crippen LogP contribution in [0.4, 0.5) is 10.5 Å². The minimum atomic E-state index is -0.600. The fourth-order valence-electron chi connectivity index (χ4n) is 4.63. The highest BCUT2D eigenvalue weighted by atomic mass is 16.5. The van der Waals surface area contributed by atoms with Crippen LogP contribution in [0.2, 0.25) is 0 Å². The Morgan fingerprint density at radius 1 is 1.06 bits per heavy atom. The number of piperidine rings is 1. The molecule has 7 nitrogen and oxygen atoms in total. The van der Waals surface area contributed by atoms with Crippen LogP contribution in [0.15, 0.2) is 60.7 Å². The van der Waals surface area contributed by atoms with Crippen molar-refractivity contribution < 1.29 is 14.3 Å². The monoisotopic (exact) mass is 446 g/mol. The molecule has 1 aromatic heterocycles. The number of amides is 2. The quantitative estimate of drug-likeness (QED) is 0.562. The summed E-state index contributed by atoms with van der Waals surface area (Å²) >= 11 is 0. The molecule has 0 saturated carbocycles. The summed E-state index contributed by atoms with van der Waals surface area (Å²) in [5, 5.41) is 6.81. The molecular formula is C26H30N4O3. The molecule has 4 rings (SSSR count). The molecule has 0 spiro atoms. The normalized spacial score (nSPS) is 15.7. The van der Waals surface area contributed by atoms with Crippen molar-refractivity contribution in [1.29, 1.82) is 0 Å². The van der Waals surface area contributed by atoms with Crippen molar-refractivity contribution in [2.24, 2.45) is 0 Å². The number of fused-ring (bicyclic) bond motifs is 1. The number of carbonyl (C=O) groups excluding carboxylic acids is 2. The van der Waals surface area contributed by atoms with Gasteiger partial charge in [-0.1, -0.05) is 48.5 Å². The summed E-state index contributed by atoms with van der Waals surface area (Å²) in [6.07, 6.45) is 1.39. The number of benzene rings is 2. The number of hydrogen-bond donors (Lipinski definition) is 2. The highest BCUT2D eigenvalue weighted by molar-refractivity contribution is 6.00. The summed E-state index contributed by atoms with van der Waals surface area (Å²) < 4.78 is 5.16. The van der Waals surface area contributed by atoms with E-state index in [2.05, 4.69) is 20.5 Å². The van der Waals surface area contributed by atoms with Crippen LogP contribution in [0.5, 0.6) is 0 Å². The lowest BCUT2D eigenvalue weighted by atomic mass is 9.72. The van der Waals surface area contributed by atoms with Gasteiger partial charge in [0, 0.05) is 24.2 Å². The zero-order valence-electron chi connectivity index (χ0n) is 19.1. The Kier molecular flexibility index (Phi) is 6.89. The van der Waals surface area contributed by atoms with E-state index in [0.29, 0.717) is 19.4 Å². The van der Waals surface area contributed by atoms with E-state index in [1.165, 1.54) is 7.11 Å². The largest absolute Gasteiger partial charge is 0.468 e. The summed E-state index contributed by atoms with van der Waals surface area (Å²) in [6.45, 7) is 4.68. The first-order valence-electron chi connectivity index (χ1n) is 11.3. The second-order valence-corrected chi connectivity index (χ2v) is 8.49. The third kappa shape index (κ3) is 4.98. The number of pyridine rings is 1. The lowest BCUT2D eigenvalue weighted by molar-refractivity contribution is -0.149. The van der Waals surface area contributed by atoms with E-state index < -0.39 is 5.41 Å². The van der Waals surface area contributed by atoms with E-state index in [0.717, 1.165) is 47.5 Å².